The standard InChI is InChI=1S/C15H20N2/c1-12(2)13-3-5-14(6-4-13)17-11-15(7-8-15)9-10-16/h3-6,12,17H,7-9,11H2,1-2H3. The average molecular weight is 228 g/mol. The second-order valence-electron chi connectivity index (χ2n) is 5.47. The van der Waals surface area contributed by atoms with Gasteiger partial charge in [0, 0.05) is 24.1 Å². The Balaban J connectivity index is 1.90. The summed E-state index contributed by atoms with van der Waals surface area (Å²) < 4.78 is 0. The van der Waals surface area contributed by atoms with Crippen LogP contribution < -0.4 is 5.32 Å². The van der Waals surface area contributed by atoms with Gasteiger partial charge in [-0.15, -0.1) is 0 Å². The topological polar surface area (TPSA) is 35.8 Å². The summed E-state index contributed by atoms with van der Waals surface area (Å²) in [5.74, 6) is 0.581. The summed E-state index contributed by atoms with van der Waals surface area (Å²) in [7, 11) is 0. The van der Waals surface area contributed by atoms with Gasteiger partial charge >= 0.3 is 0 Å². The van der Waals surface area contributed by atoms with Gasteiger partial charge in [0.15, 0.2) is 0 Å². The van der Waals surface area contributed by atoms with E-state index in [1.165, 1.54) is 24.1 Å². The van der Waals surface area contributed by atoms with E-state index in [-0.39, 0.29) is 5.41 Å². The molecule has 17 heavy (non-hydrogen) atoms. The monoisotopic (exact) mass is 228 g/mol. The van der Waals surface area contributed by atoms with Gasteiger partial charge in [0.05, 0.1) is 6.07 Å². The third-order valence-electron chi connectivity index (χ3n) is 3.66. The number of nitrogens with one attached hydrogen (secondary N) is 1. The van der Waals surface area contributed by atoms with Crippen LogP contribution in [-0.4, -0.2) is 6.54 Å². The van der Waals surface area contributed by atoms with Crippen molar-refractivity contribution in [2.24, 2.45) is 5.41 Å². The van der Waals surface area contributed by atoms with Crippen LogP contribution in [0, 0.1) is 16.7 Å². The first kappa shape index (κ1) is 12.0. The maximum atomic E-state index is 8.76. The minimum Gasteiger partial charge on any atom is -0.384 e. The predicted octanol–water partition coefficient (Wildman–Crippen LogP) is 3.92. The van der Waals surface area contributed by atoms with Crippen molar-refractivity contribution in [2.75, 3.05) is 11.9 Å². The lowest BCUT2D eigenvalue weighted by atomic mass is 10.0. The first-order chi connectivity index (χ1) is 8.15. The largest absolute Gasteiger partial charge is 0.384 e. The van der Waals surface area contributed by atoms with Gasteiger partial charge < -0.3 is 5.32 Å². The summed E-state index contributed by atoms with van der Waals surface area (Å²) in [6.07, 6.45) is 3.07. The molecule has 2 rings (SSSR count). The normalized spacial score (nSPS) is 16.6. The van der Waals surface area contributed by atoms with Crippen molar-refractivity contribution in [2.45, 2.75) is 39.0 Å². The molecule has 1 aliphatic carbocycles. The van der Waals surface area contributed by atoms with E-state index in [1.807, 2.05) is 0 Å². The molecule has 0 amide bonds. The smallest absolute Gasteiger partial charge is 0.0628 e. The Morgan fingerprint density at radius 2 is 1.94 bits per heavy atom. The van der Waals surface area contributed by atoms with Crippen molar-refractivity contribution in [1.29, 1.82) is 5.26 Å². The highest BCUT2D eigenvalue weighted by Crippen LogP contribution is 2.48. The molecule has 0 heterocycles. The van der Waals surface area contributed by atoms with E-state index in [9.17, 15) is 0 Å². The summed E-state index contributed by atoms with van der Waals surface area (Å²) in [6, 6.07) is 10.9. The first-order valence-electron chi connectivity index (χ1n) is 6.36. The molecular weight excluding hydrogens is 208 g/mol. The fourth-order valence-corrected chi connectivity index (χ4v) is 2.04. The second-order valence-corrected chi connectivity index (χ2v) is 5.47. The molecule has 0 bridgehead atoms. The maximum Gasteiger partial charge on any atom is 0.0628 e. The Labute approximate surface area is 104 Å². The van der Waals surface area contributed by atoms with Crippen LogP contribution in [-0.2, 0) is 0 Å². The van der Waals surface area contributed by atoms with Crippen LogP contribution in [0.2, 0.25) is 0 Å². The summed E-state index contributed by atoms with van der Waals surface area (Å²) in [5, 5.41) is 12.2. The van der Waals surface area contributed by atoms with Gasteiger partial charge in [0.2, 0.25) is 0 Å². The van der Waals surface area contributed by atoms with E-state index in [0.717, 1.165) is 6.54 Å². The lowest BCUT2D eigenvalue weighted by Crippen LogP contribution is -2.14. The number of hydrogen-bond acceptors (Lipinski definition) is 2. The van der Waals surface area contributed by atoms with Gasteiger partial charge in [-0.25, -0.2) is 0 Å². The molecule has 0 aliphatic heterocycles. The molecule has 0 unspecified atom stereocenters. The molecule has 2 nitrogen and oxygen atoms in total. The summed E-state index contributed by atoms with van der Waals surface area (Å²) in [6.45, 7) is 5.34. The lowest BCUT2D eigenvalue weighted by molar-refractivity contribution is 0.557. The third kappa shape index (κ3) is 3.00. The van der Waals surface area contributed by atoms with Crippen molar-refractivity contribution in [3.05, 3.63) is 29.8 Å². The Morgan fingerprint density at radius 1 is 1.29 bits per heavy atom. The van der Waals surface area contributed by atoms with Crippen LogP contribution in [0.3, 0.4) is 0 Å². The number of nitriles is 1. The van der Waals surface area contributed by atoms with Crippen LogP contribution in [0.15, 0.2) is 24.3 Å². The fraction of sp³-hybridized carbons (Fsp3) is 0.533. The maximum absolute atomic E-state index is 8.76. The third-order valence-corrected chi connectivity index (χ3v) is 3.66. The molecule has 0 atom stereocenters. The molecule has 1 saturated carbocycles. The van der Waals surface area contributed by atoms with E-state index in [2.05, 4.69) is 49.5 Å². The van der Waals surface area contributed by atoms with Crippen molar-refractivity contribution in [1.82, 2.24) is 0 Å². The van der Waals surface area contributed by atoms with Crippen LogP contribution >= 0.6 is 0 Å². The van der Waals surface area contributed by atoms with Gasteiger partial charge in [-0.3, -0.25) is 0 Å². The molecule has 1 N–H and O–H groups in total. The summed E-state index contributed by atoms with van der Waals surface area (Å²) in [5.41, 5.74) is 2.80. The van der Waals surface area contributed by atoms with Gasteiger partial charge in [-0.2, -0.15) is 5.26 Å². The number of benzene rings is 1. The van der Waals surface area contributed by atoms with Crippen molar-refractivity contribution in [3.8, 4) is 6.07 Å². The molecular formula is C15H20N2. The fourth-order valence-electron chi connectivity index (χ4n) is 2.04. The molecule has 0 saturated heterocycles. The van der Waals surface area contributed by atoms with Crippen LogP contribution in [0.25, 0.3) is 0 Å². The zero-order chi connectivity index (χ0) is 12.3. The Kier molecular flexibility index (Phi) is 3.38. The molecule has 1 aromatic carbocycles. The van der Waals surface area contributed by atoms with Crippen LogP contribution in [0.1, 0.15) is 44.6 Å². The van der Waals surface area contributed by atoms with Gasteiger partial charge in [0.1, 0.15) is 0 Å². The highest BCUT2D eigenvalue weighted by Gasteiger charge is 2.42. The van der Waals surface area contributed by atoms with E-state index >= 15 is 0 Å². The molecule has 1 fully saturated rings. The Hall–Kier alpha value is -1.49. The van der Waals surface area contributed by atoms with Crippen LogP contribution in [0.5, 0.6) is 0 Å². The van der Waals surface area contributed by atoms with Gasteiger partial charge in [0.25, 0.3) is 0 Å². The quantitative estimate of drug-likeness (QED) is 0.829. The van der Waals surface area contributed by atoms with E-state index < -0.39 is 0 Å². The van der Waals surface area contributed by atoms with E-state index in [0.29, 0.717) is 12.3 Å². The van der Waals surface area contributed by atoms with Crippen molar-refractivity contribution >= 4 is 5.69 Å². The molecule has 90 valence electrons. The predicted molar refractivity (Wildman–Crippen MR) is 70.9 cm³/mol. The molecule has 0 aromatic heterocycles. The molecule has 0 spiro atoms. The zero-order valence-corrected chi connectivity index (χ0v) is 10.7. The number of hydrogen-bond donors (Lipinski definition) is 1. The van der Waals surface area contributed by atoms with E-state index in [1.54, 1.807) is 0 Å². The highest BCUT2D eigenvalue weighted by molar-refractivity contribution is 5.45. The van der Waals surface area contributed by atoms with Gasteiger partial charge in [-0.1, -0.05) is 26.0 Å². The van der Waals surface area contributed by atoms with Crippen molar-refractivity contribution < 1.29 is 0 Å². The van der Waals surface area contributed by atoms with Gasteiger partial charge in [-0.05, 0) is 36.5 Å². The number of anilines is 1. The van der Waals surface area contributed by atoms with Crippen molar-refractivity contribution in [3.63, 3.8) is 0 Å². The van der Waals surface area contributed by atoms with Crippen LogP contribution in [0.4, 0.5) is 5.69 Å². The lowest BCUT2D eigenvalue weighted by Gasteiger charge is -2.14. The zero-order valence-electron chi connectivity index (χ0n) is 10.7. The SMILES string of the molecule is CC(C)c1ccc(NCC2(CC#N)CC2)cc1. The summed E-state index contributed by atoms with van der Waals surface area (Å²) >= 11 is 0. The number of rotatable bonds is 5. The first-order valence-corrected chi connectivity index (χ1v) is 6.36. The highest BCUT2D eigenvalue weighted by atomic mass is 14.9. The average Bonchev–Trinajstić information content (AvgIpc) is 3.08. The molecule has 1 aliphatic rings. The molecule has 2 heteroatoms. The molecule has 1 aromatic rings. The minimum absolute atomic E-state index is 0.269. The Bertz CT molecular complexity index is 408. The second kappa shape index (κ2) is 4.79. The summed E-state index contributed by atoms with van der Waals surface area (Å²) in [4.78, 5) is 0. The number of nitrogens with zero attached hydrogens (tertiary/aromatic N) is 1. The van der Waals surface area contributed by atoms with E-state index in [4.69, 9.17) is 5.26 Å². The minimum atomic E-state index is 0.269. The molecule has 0 radical (unpaired) electrons. The Morgan fingerprint density at radius 3 is 2.41 bits per heavy atom.